The molecule has 0 radical (unpaired) electrons. The molecule has 1 heterocycles. The molecule has 1 aromatic heterocycles. The van der Waals surface area contributed by atoms with Crippen molar-refractivity contribution in [3.05, 3.63) is 65.2 Å². The lowest BCUT2D eigenvalue weighted by atomic mass is 10.1. The van der Waals surface area contributed by atoms with Crippen LogP contribution in [0.2, 0.25) is 5.02 Å². The summed E-state index contributed by atoms with van der Waals surface area (Å²) >= 11 is 7.11. The molecule has 1 amide bonds. The number of rotatable bonds is 6. The fraction of sp³-hybridized carbons (Fsp3) is 0.211. The SMILES string of the molecule is CC(c1ccccc1)N(C)C(=O)CSc1nnc(-c2ccc(Cl)cc2)o1. The third-order valence-electron chi connectivity index (χ3n) is 4.07. The summed E-state index contributed by atoms with van der Waals surface area (Å²) in [5.41, 5.74) is 1.88. The van der Waals surface area contributed by atoms with Gasteiger partial charge in [0.1, 0.15) is 0 Å². The van der Waals surface area contributed by atoms with Gasteiger partial charge in [-0.1, -0.05) is 53.7 Å². The number of carbonyl (C=O) groups excluding carboxylic acids is 1. The fourth-order valence-corrected chi connectivity index (χ4v) is 3.19. The van der Waals surface area contributed by atoms with Gasteiger partial charge in [-0.25, -0.2) is 0 Å². The summed E-state index contributed by atoms with van der Waals surface area (Å²) in [7, 11) is 1.80. The summed E-state index contributed by atoms with van der Waals surface area (Å²) in [6, 6.07) is 17.1. The van der Waals surface area contributed by atoms with Gasteiger partial charge in [-0.05, 0) is 36.8 Å². The molecule has 0 aliphatic heterocycles. The van der Waals surface area contributed by atoms with Crippen LogP contribution in [0.4, 0.5) is 0 Å². The van der Waals surface area contributed by atoms with Gasteiger partial charge in [0.15, 0.2) is 0 Å². The number of halogens is 1. The fourth-order valence-electron chi connectivity index (χ4n) is 2.37. The average Bonchev–Trinajstić information content (AvgIpc) is 3.15. The first-order valence-electron chi connectivity index (χ1n) is 8.07. The quantitative estimate of drug-likeness (QED) is 0.573. The van der Waals surface area contributed by atoms with Gasteiger partial charge < -0.3 is 9.32 Å². The Morgan fingerprint density at radius 2 is 1.85 bits per heavy atom. The summed E-state index contributed by atoms with van der Waals surface area (Å²) in [6.07, 6.45) is 0. The zero-order valence-corrected chi connectivity index (χ0v) is 16.0. The highest BCUT2D eigenvalue weighted by atomic mass is 35.5. The number of amides is 1. The maximum absolute atomic E-state index is 12.4. The van der Waals surface area contributed by atoms with Crippen LogP contribution in [0.1, 0.15) is 18.5 Å². The van der Waals surface area contributed by atoms with E-state index in [9.17, 15) is 4.79 Å². The van der Waals surface area contributed by atoms with E-state index < -0.39 is 0 Å². The molecule has 0 N–H and O–H groups in total. The van der Waals surface area contributed by atoms with E-state index in [1.165, 1.54) is 11.8 Å². The van der Waals surface area contributed by atoms with Crippen LogP contribution >= 0.6 is 23.4 Å². The van der Waals surface area contributed by atoms with Gasteiger partial charge in [-0.15, -0.1) is 10.2 Å². The minimum absolute atomic E-state index is 0.00223. The summed E-state index contributed by atoms with van der Waals surface area (Å²) in [6.45, 7) is 2.00. The van der Waals surface area contributed by atoms with Gasteiger partial charge in [0.2, 0.25) is 11.8 Å². The van der Waals surface area contributed by atoms with E-state index in [0.29, 0.717) is 16.1 Å². The number of nitrogens with zero attached hydrogens (tertiary/aromatic N) is 3. The largest absolute Gasteiger partial charge is 0.411 e. The van der Waals surface area contributed by atoms with Crippen molar-refractivity contribution in [2.24, 2.45) is 0 Å². The molecule has 1 atom stereocenters. The molecule has 26 heavy (non-hydrogen) atoms. The zero-order chi connectivity index (χ0) is 18.5. The monoisotopic (exact) mass is 387 g/mol. The first kappa shape index (κ1) is 18.5. The summed E-state index contributed by atoms with van der Waals surface area (Å²) in [5, 5.41) is 9.02. The van der Waals surface area contributed by atoms with Gasteiger partial charge in [0, 0.05) is 17.6 Å². The molecule has 5 nitrogen and oxygen atoms in total. The first-order chi connectivity index (χ1) is 12.5. The van der Waals surface area contributed by atoms with Crippen LogP contribution in [0.15, 0.2) is 64.2 Å². The number of aromatic nitrogens is 2. The molecule has 0 saturated carbocycles. The van der Waals surface area contributed by atoms with E-state index in [1.807, 2.05) is 49.4 Å². The molecule has 0 aliphatic carbocycles. The first-order valence-corrected chi connectivity index (χ1v) is 9.44. The Morgan fingerprint density at radius 3 is 2.54 bits per heavy atom. The zero-order valence-electron chi connectivity index (χ0n) is 14.4. The van der Waals surface area contributed by atoms with Crippen molar-refractivity contribution < 1.29 is 9.21 Å². The Labute approximate surface area is 161 Å². The summed E-state index contributed by atoms with van der Waals surface area (Å²) in [4.78, 5) is 14.2. The molecule has 0 spiro atoms. The Hall–Kier alpha value is -2.31. The molecule has 2 aromatic carbocycles. The van der Waals surface area contributed by atoms with Crippen molar-refractivity contribution in [3.63, 3.8) is 0 Å². The highest BCUT2D eigenvalue weighted by molar-refractivity contribution is 7.99. The number of benzene rings is 2. The molecule has 0 bridgehead atoms. The van der Waals surface area contributed by atoms with Crippen molar-refractivity contribution in [1.82, 2.24) is 15.1 Å². The van der Waals surface area contributed by atoms with Crippen LogP contribution in [-0.4, -0.2) is 33.8 Å². The molecule has 7 heteroatoms. The van der Waals surface area contributed by atoms with Gasteiger partial charge >= 0.3 is 0 Å². The molecule has 0 saturated heterocycles. The third kappa shape index (κ3) is 4.45. The number of hydrogen-bond donors (Lipinski definition) is 0. The average molecular weight is 388 g/mol. The molecule has 3 rings (SSSR count). The van der Waals surface area contributed by atoms with Gasteiger partial charge in [-0.2, -0.15) is 0 Å². The number of hydrogen-bond acceptors (Lipinski definition) is 5. The predicted octanol–water partition coefficient (Wildman–Crippen LogP) is 4.70. The van der Waals surface area contributed by atoms with Crippen molar-refractivity contribution in [2.75, 3.05) is 12.8 Å². The van der Waals surface area contributed by atoms with E-state index in [-0.39, 0.29) is 17.7 Å². The maximum Gasteiger partial charge on any atom is 0.277 e. The van der Waals surface area contributed by atoms with Crippen LogP contribution in [0.25, 0.3) is 11.5 Å². The molecular weight excluding hydrogens is 370 g/mol. The summed E-state index contributed by atoms with van der Waals surface area (Å²) < 4.78 is 5.61. The van der Waals surface area contributed by atoms with E-state index >= 15 is 0 Å². The second-order valence-electron chi connectivity index (χ2n) is 5.76. The molecule has 0 fully saturated rings. The smallest absolute Gasteiger partial charge is 0.277 e. The number of thioether (sulfide) groups is 1. The van der Waals surface area contributed by atoms with Crippen LogP contribution in [0.5, 0.6) is 0 Å². The van der Waals surface area contributed by atoms with Crippen LogP contribution in [0, 0.1) is 0 Å². The van der Waals surface area contributed by atoms with E-state index in [2.05, 4.69) is 10.2 Å². The summed E-state index contributed by atoms with van der Waals surface area (Å²) in [5.74, 6) is 0.635. The van der Waals surface area contributed by atoms with Crippen molar-refractivity contribution in [1.29, 1.82) is 0 Å². The standard InChI is InChI=1S/C19H18ClN3O2S/c1-13(14-6-4-3-5-7-14)23(2)17(24)12-26-19-22-21-18(25-19)15-8-10-16(20)11-9-15/h3-11,13H,12H2,1-2H3. The normalized spacial score (nSPS) is 12.0. The van der Waals surface area contributed by atoms with E-state index in [1.54, 1.807) is 24.1 Å². The predicted molar refractivity (Wildman–Crippen MR) is 103 cm³/mol. The second-order valence-corrected chi connectivity index (χ2v) is 7.12. The van der Waals surface area contributed by atoms with E-state index in [4.69, 9.17) is 16.0 Å². The molecule has 1 unspecified atom stereocenters. The lowest BCUT2D eigenvalue weighted by molar-refractivity contribution is -0.128. The topological polar surface area (TPSA) is 59.2 Å². The minimum atomic E-state index is -0.00314. The van der Waals surface area contributed by atoms with Crippen molar-refractivity contribution in [2.45, 2.75) is 18.2 Å². The Morgan fingerprint density at radius 1 is 1.15 bits per heavy atom. The van der Waals surface area contributed by atoms with Crippen LogP contribution in [-0.2, 0) is 4.79 Å². The Bertz CT molecular complexity index is 868. The highest BCUT2D eigenvalue weighted by Crippen LogP contribution is 2.25. The van der Waals surface area contributed by atoms with Gasteiger partial charge in [-0.3, -0.25) is 4.79 Å². The Kier molecular flexibility index (Phi) is 5.96. The molecule has 3 aromatic rings. The van der Waals surface area contributed by atoms with Crippen LogP contribution < -0.4 is 0 Å². The van der Waals surface area contributed by atoms with Gasteiger partial charge in [0.05, 0.1) is 11.8 Å². The molecular formula is C19H18ClN3O2S. The molecule has 134 valence electrons. The van der Waals surface area contributed by atoms with Gasteiger partial charge in [0.25, 0.3) is 5.22 Å². The van der Waals surface area contributed by atoms with Crippen molar-refractivity contribution >= 4 is 29.3 Å². The van der Waals surface area contributed by atoms with Crippen LogP contribution in [0.3, 0.4) is 0 Å². The maximum atomic E-state index is 12.4. The second kappa shape index (κ2) is 8.38. The van der Waals surface area contributed by atoms with Crippen molar-refractivity contribution in [3.8, 4) is 11.5 Å². The third-order valence-corrected chi connectivity index (χ3v) is 5.13. The van der Waals surface area contributed by atoms with E-state index in [0.717, 1.165) is 11.1 Å². The highest BCUT2D eigenvalue weighted by Gasteiger charge is 2.18. The lowest BCUT2D eigenvalue weighted by Gasteiger charge is -2.25. The molecule has 0 aliphatic rings. The number of carbonyl (C=O) groups is 1. The minimum Gasteiger partial charge on any atom is -0.411 e. The Balaban J connectivity index is 1.58. The lowest BCUT2D eigenvalue weighted by Crippen LogP contribution is -2.31.